The Hall–Kier alpha value is -2.99. The van der Waals surface area contributed by atoms with Crippen molar-refractivity contribution in [3.05, 3.63) is 75.6 Å². The van der Waals surface area contributed by atoms with E-state index in [-0.39, 0.29) is 5.76 Å². The molecule has 3 heterocycles. The molecule has 136 valence electrons. The van der Waals surface area contributed by atoms with Crippen molar-refractivity contribution in [3.63, 3.8) is 0 Å². The van der Waals surface area contributed by atoms with Crippen molar-refractivity contribution < 1.29 is 5.11 Å². The number of hydrogen-bond donors (Lipinski definition) is 2. The molecule has 0 saturated carbocycles. The van der Waals surface area contributed by atoms with Gasteiger partial charge in [0.15, 0.2) is 0 Å². The molecule has 2 N–H and O–H groups in total. The molecule has 27 heavy (non-hydrogen) atoms. The lowest BCUT2D eigenvalue weighted by Crippen LogP contribution is -2.26. The number of aryl methyl sites for hydroxylation is 2. The number of aromatic nitrogens is 2. The third kappa shape index (κ3) is 3.36. The summed E-state index contributed by atoms with van der Waals surface area (Å²) < 4.78 is 0. The van der Waals surface area contributed by atoms with Gasteiger partial charge in [-0.3, -0.25) is 10.4 Å². The highest BCUT2D eigenvalue weighted by Crippen LogP contribution is 2.35. The minimum absolute atomic E-state index is 0.195. The van der Waals surface area contributed by atoms with Gasteiger partial charge >= 0.3 is 0 Å². The van der Waals surface area contributed by atoms with E-state index in [1.54, 1.807) is 6.20 Å². The smallest absolute Gasteiger partial charge is 0.135 e. The second kappa shape index (κ2) is 6.96. The van der Waals surface area contributed by atoms with Gasteiger partial charge in [-0.25, -0.2) is 4.98 Å². The van der Waals surface area contributed by atoms with Crippen molar-refractivity contribution in [2.75, 3.05) is 6.54 Å². The predicted molar refractivity (Wildman–Crippen MR) is 109 cm³/mol. The summed E-state index contributed by atoms with van der Waals surface area (Å²) in [6.07, 6.45) is 1.74. The van der Waals surface area contributed by atoms with E-state index in [9.17, 15) is 5.11 Å². The molecule has 6 heteroatoms. The average molecular weight is 376 g/mol. The first kappa shape index (κ1) is 17.4. The molecule has 2 aromatic heterocycles. The molecular formula is C21H20N4OS. The highest BCUT2D eigenvalue weighted by molar-refractivity contribution is 7.13. The summed E-state index contributed by atoms with van der Waals surface area (Å²) in [6.45, 7) is 4.88. The van der Waals surface area contributed by atoms with E-state index >= 15 is 0 Å². The molecular weight excluding hydrogens is 356 g/mol. The minimum Gasteiger partial charge on any atom is -0.510 e. The fourth-order valence-electron chi connectivity index (χ4n) is 3.16. The molecule has 3 aromatic rings. The summed E-state index contributed by atoms with van der Waals surface area (Å²) in [5.74, 6) is 0.488. The molecule has 0 bridgehead atoms. The largest absolute Gasteiger partial charge is 0.510 e. The number of aliphatic hydroxyl groups is 1. The Bertz CT molecular complexity index is 1020. The Morgan fingerprint density at radius 1 is 1.15 bits per heavy atom. The lowest BCUT2D eigenvalue weighted by molar-refractivity contribution is 0.345. The van der Waals surface area contributed by atoms with Crippen LogP contribution in [-0.2, 0) is 6.54 Å². The van der Waals surface area contributed by atoms with Gasteiger partial charge in [0, 0.05) is 16.6 Å². The van der Waals surface area contributed by atoms with E-state index in [1.807, 2.05) is 30.0 Å². The Labute approximate surface area is 162 Å². The number of nitrogens with zero attached hydrogens (tertiary/aromatic N) is 3. The van der Waals surface area contributed by atoms with Crippen molar-refractivity contribution in [1.29, 1.82) is 5.41 Å². The SMILES string of the molecule is Cc1ccc(-c2nc(C3=C(O)CN(Cc4ccccn4)C3=N)sc2C)cc1. The van der Waals surface area contributed by atoms with Crippen LogP contribution in [0, 0.1) is 19.3 Å². The summed E-state index contributed by atoms with van der Waals surface area (Å²) in [6, 6.07) is 14.0. The molecule has 0 fully saturated rings. The molecule has 0 atom stereocenters. The van der Waals surface area contributed by atoms with Crippen LogP contribution in [0.15, 0.2) is 54.4 Å². The second-order valence-corrected chi connectivity index (χ2v) is 7.84. The number of rotatable bonds is 4. The van der Waals surface area contributed by atoms with Gasteiger partial charge in [-0.2, -0.15) is 0 Å². The van der Waals surface area contributed by atoms with E-state index < -0.39 is 0 Å². The zero-order valence-electron chi connectivity index (χ0n) is 15.2. The number of thiazole rings is 1. The number of pyridine rings is 1. The van der Waals surface area contributed by atoms with Crippen molar-refractivity contribution in [3.8, 4) is 11.3 Å². The van der Waals surface area contributed by atoms with Crippen molar-refractivity contribution in [1.82, 2.24) is 14.9 Å². The molecule has 0 saturated heterocycles. The Morgan fingerprint density at radius 2 is 1.93 bits per heavy atom. The number of hydrogen-bond acceptors (Lipinski definition) is 5. The maximum absolute atomic E-state index is 10.5. The second-order valence-electron chi connectivity index (χ2n) is 6.64. The molecule has 0 spiro atoms. The van der Waals surface area contributed by atoms with E-state index in [0.717, 1.165) is 21.8 Å². The first-order valence-corrected chi connectivity index (χ1v) is 9.55. The topological polar surface area (TPSA) is 73.1 Å². The van der Waals surface area contributed by atoms with Gasteiger partial charge in [-0.05, 0) is 26.0 Å². The van der Waals surface area contributed by atoms with Gasteiger partial charge in [0.2, 0.25) is 0 Å². The summed E-state index contributed by atoms with van der Waals surface area (Å²) in [7, 11) is 0. The van der Waals surface area contributed by atoms with Gasteiger partial charge < -0.3 is 10.0 Å². The zero-order chi connectivity index (χ0) is 19.0. The Kier molecular flexibility index (Phi) is 4.49. The predicted octanol–water partition coefficient (Wildman–Crippen LogP) is 4.58. The van der Waals surface area contributed by atoms with Crippen molar-refractivity contribution in [2.24, 2.45) is 0 Å². The first-order valence-electron chi connectivity index (χ1n) is 8.73. The summed E-state index contributed by atoms with van der Waals surface area (Å²) in [4.78, 5) is 12.0. The van der Waals surface area contributed by atoms with Crippen LogP contribution in [-0.4, -0.2) is 32.4 Å². The van der Waals surface area contributed by atoms with Crippen LogP contribution >= 0.6 is 11.3 Å². The third-order valence-electron chi connectivity index (χ3n) is 4.60. The van der Waals surface area contributed by atoms with Crippen molar-refractivity contribution in [2.45, 2.75) is 20.4 Å². The van der Waals surface area contributed by atoms with Gasteiger partial charge in [0.1, 0.15) is 16.6 Å². The van der Waals surface area contributed by atoms with E-state index in [4.69, 9.17) is 10.4 Å². The standard InChI is InChI=1S/C21H20N4OS/c1-13-6-8-15(9-7-13)19-14(2)27-21(24-19)18-17(26)12-25(20(18)22)11-16-5-3-4-10-23-16/h3-10,22,26H,11-12H2,1-2H3. The zero-order valence-corrected chi connectivity index (χ0v) is 16.0. The fraction of sp³-hybridized carbons (Fsp3) is 0.190. The van der Waals surface area contributed by atoms with Gasteiger partial charge in [-0.15, -0.1) is 11.3 Å². The van der Waals surface area contributed by atoms with Crippen molar-refractivity contribution >= 4 is 22.7 Å². The molecule has 4 rings (SSSR count). The maximum Gasteiger partial charge on any atom is 0.135 e. The summed E-state index contributed by atoms with van der Waals surface area (Å²) >= 11 is 1.51. The fourth-order valence-corrected chi connectivity index (χ4v) is 4.17. The molecule has 5 nitrogen and oxygen atoms in total. The molecule has 1 aromatic carbocycles. The maximum atomic E-state index is 10.5. The Balaban J connectivity index is 1.61. The Morgan fingerprint density at radius 3 is 2.63 bits per heavy atom. The van der Waals surface area contributed by atoms with E-state index in [1.165, 1.54) is 16.9 Å². The number of nitrogens with one attached hydrogen (secondary N) is 1. The van der Waals surface area contributed by atoms with Crippen LogP contribution in [0.2, 0.25) is 0 Å². The molecule has 0 amide bonds. The van der Waals surface area contributed by atoms with Crippen LogP contribution < -0.4 is 0 Å². The highest BCUT2D eigenvalue weighted by atomic mass is 32.1. The van der Waals surface area contributed by atoms with Crippen LogP contribution in [0.1, 0.15) is 21.1 Å². The summed E-state index contributed by atoms with van der Waals surface area (Å²) in [5.41, 5.74) is 4.56. The number of amidine groups is 1. The van der Waals surface area contributed by atoms with Crippen LogP contribution in [0.4, 0.5) is 0 Å². The van der Waals surface area contributed by atoms with Crippen LogP contribution in [0.5, 0.6) is 0 Å². The number of aliphatic hydroxyl groups excluding tert-OH is 1. The lowest BCUT2D eigenvalue weighted by Gasteiger charge is -2.17. The van der Waals surface area contributed by atoms with Gasteiger partial charge in [-0.1, -0.05) is 35.9 Å². The molecule has 1 aliphatic heterocycles. The summed E-state index contributed by atoms with van der Waals surface area (Å²) in [5, 5.41) is 19.7. The monoisotopic (exact) mass is 376 g/mol. The number of benzene rings is 1. The first-order chi connectivity index (χ1) is 13.0. The molecule has 0 radical (unpaired) electrons. The normalized spacial score (nSPS) is 14.3. The quantitative estimate of drug-likeness (QED) is 0.699. The van der Waals surface area contributed by atoms with Gasteiger partial charge in [0.05, 0.1) is 30.1 Å². The van der Waals surface area contributed by atoms with E-state index in [2.05, 4.69) is 36.2 Å². The van der Waals surface area contributed by atoms with Crippen LogP contribution in [0.25, 0.3) is 16.8 Å². The minimum atomic E-state index is 0.195. The average Bonchev–Trinajstić information content (AvgIpc) is 3.16. The molecule has 1 aliphatic rings. The lowest BCUT2D eigenvalue weighted by atomic mass is 10.1. The molecule has 0 aliphatic carbocycles. The van der Waals surface area contributed by atoms with E-state index in [0.29, 0.717) is 29.5 Å². The van der Waals surface area contributed by atoms with Gasteiger partial charge in [0.25, 0.3) is 0 Å². The third-order valence-corrected chi connectivity index (χ3v) is 5.59. The van der Waals surface area contributed by atoms with Crippen LogP contribution in [0.3, 0.4) is 0 Å². The molecule has 0 unspecified atom stereocenters. The highest BCUT2D eigenvalue weighted by Gasteiger charge is 2.31.